The van der Waals surface area contributed by atoms with Crippen LogP contribution < -0.4 is 10.1 Å². The predicted octanol–water partition coefficient (Wildman–Crippen LogP) is 1.52. The van der Waals surface area contributed by atoms with Gasteiger partial charge in [-0.3, -0.25) is 4.79 Å². The number of hydrogen-bond donors (Lipinski definition) is 1. The molecule has 1 aromatic rings. The summed E-state index contributed by atoms with van der Waals surface area (Å²) in [5.74, 6) is 0.0586. The molecule has 0 saturated carbocycles. The fourth-order valence-corrected chi connectivity index (χ4v) is 1.51. The molecule has 5 nitrogen and oxygen atoms in total. The smallest absolute Gasteiger partial charge is 0.328 e. The van der Waals surface area contributed by atoms with Crippen LogP contribution in [0.15, 0.2) is 30.3 Å². The van der Waals surface area contributed by atoms with E-state index in [0.717, 1.165) is 5.75 Å². The van der Waals surface area contributed by atoms with E-state index >= 15 is 0 Å². The Kier molecular flexibility index (Phi) is 6.43. The van der Waals surface area contributed by atoms with Gasteiger partial charge in [0.1, 0.15) is 11.8 Å². The third-order valence-corrected chi connectivity index (χ3v) is 2.57. The maximum atomic E-state index is 11.6. The first-order chi connectivity index (χ1) is 9.17. The molecular weight excluding hydrogens is 246 g/mol. The molecule has 1 atom stereocenters. The Bertz CT molecular complexity index is 405. The standard InChI is InChI=1S/C14H19NO4/c1-3-12(14(17)18-2)15-13(16)9-10-19-11-7-5-4-6-8-11/h4-8,12H,3,9-10H2,1-2H3,(H,15,16). The average Bonchev–Trinajstić information content (AvgIpc) is 2.45. The molecule has 0 aromatic heterocycles. The highest BCUT2D eigenvalue weighted by Crippen LogP contribution is 2.08. The first-order valence-electron chi connectivity index (χ1n) is 6.22. The molecule has 5 heteroatoms. The molecular formula is C14H19NO4. The third kappa shape index (κ3) is 5.42. The van der Waals surface area contributed by atoms with Crippen molar-refractivity contribution in [3.8, 4) is 5.75 Å². The fraction of sp³-hybridized carbons (Fsp3) is 0.429. The average molecular weight is 265 g/mol. The summed E-state index contributed by atoms with van der Waals surface area (Å²) < 4.78 is 9.99. The lowest BCUT2D eigenvalue weighted by Gasteiger charge is -2.14. The minimum absolute atomic E-state index is 0.197. The number of rotatable bonds is 7. The van der Waals surface area contributed by atoms with E-state index in [4.69, 9.17) is 4.74 Å². The van der Waals surface area contributed by atoms with Gasteiger partial charge >= 0.3 is 5.97 Å². The Morgan fingerprint density at radius 3 is 2.53 bits per heavy atom. The van der Waals surface area contributed by atoms with E-state index in [1.54, 1.807) is 0 Å². The Morgan fingerprint density at radius 2 is 1.95 bits per heavy atom. The SMILES string of the molecule is CCC(NC(=O)CCOc1ccccc1)C(=O)OC. The minimum Gasteiger partial charge on any atom is -0.493 e. The van der Waals surface area contributed by atoms with E-state index in [1.165, 1.54) is 7.11 Å². The summed E-state index contributed by atoms with van der Waals surface area (Å²) in [5, 5.41) is 2.61. The van der Waals surface area contributed by atoms with Gasteiger partial charge in [-0.1, -0.05) is 25.1 Å². The van der Waals surface area contributed by atoms with Gasteiger partial charge in [-0.05, 0) is 18.6 Å². The van der Waals surface area contributed by atoms with Crippen LogP contribution >= 0.6 is 0 Å². The van der Waals surface area contributed by atoms with E-state index in [-0.39, 0.29) is 18.9 Å². The van der Waals surface area contributed by atoms with Crippen LogP contribution in [-0.2, 0) is 14.3 Å². The van der Waals surface area contributed by atoms with Crippen LogP contribution in [0.25, 0.3) is 0 Å². The van der Waals surface area contributed by atoms with Crippen LogP contribution in [-0.4, -0.2) is 31.6 Å². The van der Waals surface area contributed by atoms with Gasteiger partial charge in [0.25, 0.3) is 0 Å². The van der Waals surface area contributed by atoms with Crippen molar-refractivity contribution < 1.29 is 19.1 Å². The summed E-state index contributed by atoms with van der Waals surface area (Å²) in [6.07, 6.45) is 0.695. The van der Waals surface area contributed by atoms with E-state index in [9.17, 15) is 9.59 Å². The van der Waals surface area contributed by atoms with Crippen molar-refractivity contribution in [3.05, 3.63) is 30.3 Å². The largest absolute Gasteiger partial charge is 0.493 e. The second-order valence-electron chi connectivity index (χ2n) is 3.96. The van der Waals surface area contributed by atoms with E-state index in [1.807, 2.05) is 37.3 Å². The van der Waals surface area contributed by atoms with Crippen molar-refractivity contribution in [1.82, 2.24) is 5.32 Å². The second-order valence-corrected chi connectivity index (χ2v) is 3.96. The lowest BCUT2D eigenvalue weighted by atomic mass is 10.2. The minimum atomic E-state index is -0.589. The molecule has 0 fully saturated rings. The molecule has 0 aliphatic carbocycles. The molecule has 0 spiro atoms. The lowest BCUT2D eigenvalue weighted by molar-refractivity contribution is -0.145. The van der Waals surface area contributed by atoms with Gasteiger partial charge in [0.05, 0.1) is 20.1 Å². The highest BCUT2D eigenvalue weighted by Gasteiger charge is 2.18. The Balaban J connectivity index is 2.29. The summed E-state index contributed by atoms with van der Waals surface area (Å²) in [5.41, 5.74) is 0. The number of esters is 1. The number of para-hydroxylation sites is 1. The maximum absolute atomic E-state index is 11.6. The van der Waals surface area contributed by atoms with E-state index in [2.05, 4.69) is 10.1 Å². The number of carbonyl (C=O) groups is 2. The molecule has 0 radical (unpaired) electrons. The summed E-state index contributed by atoms with van der Waals surface area (Å²) in [6.45, 7) is 2.08. The molecule has 1 unspecified atom stereocenters. The molecule has 1 amide bonds. The molecule has 0 saturated heterocycles. The van der Waals surface area contributed by atoms with Crippen LogP contribution in [0, 0.1) is 0 Å². The maximum Gasteiger partial charge on any atom is 0.328 e. The van der Waals surface area contributed by atoms with Gasteiger partial charge in [-0.2, -0.15) is 0 Å². The monoisotopic (exact) mass is 265 g/mol. The Hall–Kier alpha value is -2.04. The second kappa shape index (κ2) is 8.13. The molecule has 0 aliphatic rings. The number of nitrogens with one attached hydrogen (secondary N) is 1. The molecule has 0 aliphatic heterocycles. The molecule has 1 aromatic carbocycles. The van der Waals surface area contributed by atoms with Crippen molar-refractivity contribution in [1.29, 1.82) is 0 Å². The summed E-state index contributed by atoms with van der Waals surface area (Å²) in [7, 11) is 1.30. The van der Waals surface area contributed by atoms with Crippen LogP contribution in [0.1, 0.15) is 19.8 Å². The molecule has 104 valence electrons. The number of methoxy groups -OCH3 is 1. The zero-order chi connectivity index (χ0) is 14.1. The zero-order valence-electron chi connectivity index (χ0n) is 11.2. The summed E-state index contributed by atoms with van der Waals surface area (Å²) in [6, 6.07) is 8.67. The van der Waals surface area contributed by atoms with Crippen LogP contribution in [0.2, 0.25) is 0 Å². The predicted molar refractivity (Wildman–Crippen MR) is 70.8 cm³/mol. The van der Waals surface area contributed by atoms with Gasteiger partial charge in [0.2, 0.25) is 5.91 Å². The molecule has 1 N–H and O–H groups in total. The molecule has 1 rings (SSSR count). The fourth-order valence-electron chi connectivity index (χ4n) is 1.51. The van der Waals surface area contributed by atoms with Gasteiger partial charge in [-0.25, -0.2) is 4.79 Å². The topological polar surface area (TPSA) is 64.6 Å². The van der Waals surface area contributed by atoms with Gasteiger partial charge in [0.15, 0.2) is 0 Å². The van der Waals surface area contributed by atoms with E-state index in [0.29, 0.717) is 6.42 Å². The first-order valence-corrected chi connectivity index (χ1v) is 6.22. The summed E-state index contributed by atoms with van der Waals surface area (Å²) >= 11 is 0. The van der Waals surface area contributed by atoms with Crippen molar-refractivity contribution in [3.63, 3.8) is 0 Å². The number of carbonyl (C=O) groups excluding carboxylic acids is 2. The zero-order valence-corrected chi connectivity index (χ0v) is 11.2. The number of benzene rings is 1. The number of hydrogen-bond acceptors (Lipinski definition) is 4. The number of ether oxygens (including phenoxy) is 2. The van der Waals surface area contributed by atoms with Gasteiger partial charge in [-0.15, -0.1) is 0 Å². The third-order valence-electron chi connectivity index (χ3n) is 2.57. The van der Waals surface area contributed by atoms with Crippen LogP contribution in [0.4, 0.5) is 0 Å². The van der Waals surface area contributed by atoms with Crippen molar-refractivity contribution in [2.45, 2.75) is 25.8 Å². The highest BCUT2D eigenvalue weighted by atomic mass is 16.5. The van der Waals surface area contributed by atoms with Crippen molar-refractivity contribution in [2.24, 2.45) is 0 Å². The quantitative estimate of drug-likeness (QED) is 0.759. The summed E-state index contributed by atoms with van der Waals surface area (Å²) in [4.78, 5) is 22.9. The van der Waals surface area contributed by atoms with E-state index < -0.39 is 12.0 Å². The Labute approximate surface area is 112 Å². The van der Waals surface area contributed by atoms with Gasteiger partial charge in [0, 0.05) is 0 Å². The van der Waals surface area contributed by atoms with Crippen LogP contribution in [0.5, 0.6) is 5.75 Å². The number of amides is 1. The molecule has 0 heterocycles. The Morgan fingerprint density at radius 1 is 1.26 bits per heavy atom. The normalized spacial score (nSPS) is 11.5. The van der Waals surface area contributed by atoms with Crippen LogP contribution in [0.3, 0.4) is 0 Å². The lowest BCUT2D eigenvalue weighted by Crippen LogP contribution is -2.41. The highest BCUT2D eigenvalue weighted by molar-refractivity contribution is 5.84. The molecule has 0 bridgehead atoms. The molecule has 19 heavy (non-hydrogen) atoms. The first kappa shape index (κ1) is 15.0. The van der Waals surface area contributed by atoms with Crippen molar-refractivity contribution in [2.75, 3.05) is 13.7 Å². The van der Waals surface area contributed by atoms with Crippen molar-refractivity contribution >= 4 is 11.9 Å². The van der Waals surface area contributed by atoms with Gasteiger partial charge < -0.3 is 14.8 Å².